The van der Waals surface area contributed by atoms with Gasteiger partial charge < -0.3 is 9.80 Å². The van der Waals surface area contributed by atoms with Crippen LogP contribution in [0.15, 0.2) is 72.9 Å². The smallest absolute Gasteiger partial charge is 0.227 e. The largest absolute Gasteiger partial charge is 0.339 e. The fourth-order valence-corrected chi connectivity index (χ4v) is 2.42. The molecule has 2 aromatic carbocycles. The van der Waals surface area contributed by atoms with Crippen LogP contribution in [-0.2, 0) is 6.54 Å². The van der Waals surface area contributed by atoms with Crippen molar-refractivity contribution in [2.24, 2.45) is 0 Å². The summed E-state index contributed by atoms with van der Waals surface area (Å²) in [6.45, 7) is 0.777. The van der Waals surface area contributed by atoms with Gasteiger partial charge in [-0.05, 0) is 23.8 Å². The lowest BCUT2D eigenvalue weighted by Gasteiger charge is -2.21. The van der Waals surface area contributed by atoms with Gasteiger partial charge in [-0.15, -0.1) is 0 Å². The average Bonchev–Trinajstić information content (AvgIpc) is 2.63. The van der Waals surface area contributed by atoms with Crippen LogP contribution in [-0.4, -0.2) is 24.1 Å². The highest BCUT2D eigenvalue weighted by molar-refractivity contribution is 5.59. The minimum Gasteiger partial charge on any atom is -0.339 e. The van der Waals surface area contributed by atoms with Gasteiger partial charge in [-0.3, -0.25) is 0 Å². The van der Waals surface area contributed by atoms with Gasteiger partial charge in [-0.1, -0.05) is 48.5 Å². The maximum Gasteiger partial charge on any atom is 0.227 e. The Balaban J connectivity index is 1.79. The van der Waals surface area contributed by atoms with E-state index in [-0.39, 0.29) is 0 Å². The van der Waals surface area contributed by atoms with Gasteiger partial charge >= 0.3 is 0 Å². The molecule has 0 saturated heterocycles. The molecular formula is C19H20N4. The second kappa shape index (κ2) is 6.92. The van der Waals surface area contributed by atoms with Crippen molar-refractivity contribution in [3.63, 3.8) is 0 Å². The maximum atomic E-state index is 4.69. The second-order valence-corrected chi connectivity index (χ2v) is 5.45. The molecule has 0 aliphatic rings. The summed E-state index contributed by atoms with van der Waals surface area (Å²) in [6, 6.07) is 22.4. The molecule has 116 valence electrons. The zero-order valence-corrected chi connectivity index (χ0v) is 13.4. The Labute approximate surface area is 137 Å². The maximum absolute atomic E-state index is 4.69. The fourth-order valence-electron chi connectivity index (χ4n) is 2.42. The zero-order valence-electron chi connectivity index (χ0n) is 13.4. The number of aromatic nitrogens is 2. The molecule has 23 heavy (non-hydrogen) atoms. The summed E-state index contributed by atoms with van der Waals surface area (Å²) in [5.74, 6) is 1.59. The van der Waals surface area contributed by atoms with Crippen molar-refractivity contribution in [2.75, 3.05) is 23.9 Å². The van der Waals surface area contributed by atoms with E-state index in [1.54, 1.807) is 6.20 Å². The van der Waals surface area contributed by atoms with Gasteiger partial charge in [0.2, 0.25) is 5.95 Å². The van der Waals surface area contributed by atoms with Gasteiger partial charge in [0.1, 0.15) is 5.82 Å². The molecule has 0 aliphatic heterocycles. The van der Waals surface area contributed by atoms with Crippen molar-refractivity contribution < 1.29 is 0 Å². The molecule has 4 nitrogen and oxygen atoms in total. The third-order valence-electron chi connectivity index (χ3n) is 3.72. The molecule has 0 radical (unpaired) electrons. The normalized spacial score (nSPS) is 10.3. The number of benzene rings is 2. The van der Waals surface area contributed by atoms with Crippen molar-refractivity contribution in [1.82, 2.24) is 9.97 Å². The van der Waals surface area contributed by atoms with Crippen molar-refractivity contribution in [2.45, 2.75) is 6.54 Å². The Morgan fingerprint density at radius 2 is 1.48 bits per heavy atom. The van der Waals surface area contributed by atoms with Crippen molar-refractivity contribution in [1.29, 1.82) is 0 Å². The number of anilines is 3. The summed E-state index contributed by atoms with van der Waals surface area (Å²) in [4.78, 5) is 13.2. The van der Waals surface area contributed by atoms with Crippen molar-refractivity contribution in [3.05, 3.63) is 78.5 Å². The molecule has 3 rings (SSSR count). The van der Waals surface area contributed by atoms with Gasteiger partial charge in [0.25, 0.3) is 0 Å². The van der Waals surface area contributed by atoms with E-state index in [4.69, 9.17) is 0 Å². The van der Waals surface area contributed by atoms with Crippen LogP contribution in [0.3, 0.4) is 0 Å². The standard InChI is InChI=1S/C19H20N4/c1-22(15-16-9-5-3-6-10-16)19-20-14-13-18(21-19)23(2)17-11-7-4-8-12-17/h3-14H,15H2,1-2H3. The molecule has 0 unspecified atom stereocenters. The van der Waals surface area contributed by atoms with Gasteiger partial charge in [-0.2, -0.15) is 4.98 Å². The molecule has 1 aromatic heterocycles. The lowest BCUT2D eigenvalue weighted by molar-refractivity contribution is 0.863. The Bertz CT molecular complexity index is 744. The first-order valence-electron chi connectivity index (χ1n) is 7.61. The predicted octanol–water partition coefficient (Wildman–Crippen LogP) is 3.88. The predicted molar refractivity (Wildman–Crippen MR) is 95.1 cm³/mol. The Kier molecular flexibility index (Phi) is 4.52. The fraction of sp³-hybridized carbons (Fsp3) is 0.158. The first kappa shape index (κ1) is 15.0. The number of para-hydroxylation sites is 1. The SMILES string of the molecule is CN(Cc1ccccc1)c1nccc(N(C)c2ccccc2)n1. The minimum atomic E-state index is 0.717. The van der Waals surface area contributed by atoms with Crippen LogP contribution >= 0.6 is 0 Å². The Morgan fingerprint density at radius 3 is 2.17 bits per heavy atom. The van der Waals surface area contributed by atoms with Crippen LogP contribution in [0.25, 0.3) is 0 Å². The monoisotopic (exact) mass is 304 g/mol. The van der Waals surface area contributed by atoms with Gasteiger partial charge in [0.05, 0.1) is 0 Å². The van der Waals surface area contributed by atoms with E-state index < -0.39 is 0 Å². The molecule has 0 bridgehead atoms. The second-order valence-electron chi connectivity index (χ2n) is 5.45. The Hall–Kier alpha value is -2.88. The summed E-state index contributed by atoms with van der Waals surface area (Å²) in [5.41, 5.74) is 2.34. The molecule has 0 aliphatic carbocycles. The van der Waals surface area contributed by atoms with Gasteiger partial charge in [0, 0.05) is 32.5 Å². The summed E-state index contributed by atoms with van der Waals surface area (Å²) in [7, 11) is 4.02. The molecule has 4 heteroatoms. The van der Waals surface area contributed by atoms with E-state index in [0.717, 1.165) is 18.1 Å². The average molecular weight is 304 g/mol. The number of hydrogen-bond acceptors (Lipinski definition) is 4. The van der Waals surface area contributed by atoms with Crippen molar-refractivity contribution >= 4 is 17.5 Å². The number of nitrogens with zero attached hydrogens (tertiary/aromatic N) is 4. The molecule has 0 saturated carbocycles. The van der Waals surface area contributed by atoms with Crippen LogP contribution in [0.4, 0.5) is 17.5 Å². The lowest BCUT2D eigenvalue weighted by Crippen LogP contribution is -2.20. The number of hydrogen-bond donors (Lipinski definition) is 0. The number of rotatable bonds is 5. The van der Waals surface area contributed by atoms with Crippen LogP contribution in [0.1, 0.15) is 5.56 Å². The van der Waals surface area contributed by atoms with Gasteiger partial charge in [0.15, 0.2) is 0 Å². The lowest BCUT2D eigenvalue weighted by atomic mass is 10.2. The quantitative estimate of drug-likeness (QED) is 0.716. The van der Waals surface area contributed by atoms with E-state index in [9.17, 15) is 0 Å². The third-order valence-corrected chi connectivity index (χ3v) is 3.72. The van der Waals surface area contributed by atoms with Crippen LogP contribution < -0.4 is 9.80 Å². The molecule has 3 aromatic rings. The highest BCUT2D eigenvalue weighted by Gasteiger charge is 2.09. The topological polar surface area (TPSA) is 32.3 Å². The summed E-state index contributed by atoms with van der Waals surface area (Å²) in [5, 5.41) is 0. The van der Waals surface area contributed by atoms with Crippen LogP contribution in [0, 0.1) is 0 Å². The van der Waals surface area contributed by atoms with Crippen LogP contribution in [0.5, 0.6) is 0 Å². The summed E-state index contributed by atoms with van der Waals surface area (Å²) >= 11 is 0. The van der Waals surface area contributed by atoms with Crippen LogP contribution in [0.2, 0.25) is 0 Å². The summed E-state index contributed by atoms with van der Waals surface area (Å²) < 4.78 is 0. The Morgan fingerprint density at radius 1 is 0.826 bits per heavy atom. The molecular weight excluding hydrogens is 284 g/mol. The highest BCUT2D eigenvalue weighted by Crippen LogP contribution is 2.22. The van der Waals surface area contributed by atoms with Crippen molar-refractivity contribution in [3.8, 4) is 0 Å². The van der Waals surface area contributed by atoms with E-state index in [1.807, 2.05) is 56.6 Å². The molecule has 0 N–H and O–H groups in total. The highest BCUT2D eigenvalue weighted by atomic mass is 15.3. The minimum absolute atomic E-state index is 0.717. The molecule has 0 fully saturated rings. The van der Waals surface area contributed by atoms with Gasteiger partial charge in [-0.25, -0.2) is 4.98 Å². The summed E-state index contributed by atoms with van der Waals surface area (Å²) in [6.07, 6.45) is 1.80. The molecule has 0 amide bonds. The zero-order chi connectivity index (χ0) is 16.1. The van der Waals surface area contributed by atoms with E-state index in [0.29, 0.717) is 5.95 Å². The van der Waals surface area contributed by atoms with E-state index in [2.05, 4.69) is 44.0 Å². The third kappa shape index (κ3) is 3.66. The molecule has 1 heterocycles. The molecule has 0 atom stereocenters. The first-order valence-corrected chi connectivity index (χ1v) is 7.61. The van der Waals surface area contributed by atoms with E-state index >= 15 is 0 Å². The van der Waals surface area contributed by atoms with E-state index in [1.165, 1.54) is 5.56 Å². The first-order chi connectivity index (χ1) is 11.2. The molecule has 0 spiro atoms.